The topological polar surface area (TPSA) is 49.5 Å². The molecule has 16 heavy (non-hydrogen) atoms. The molecule has 3 heteroatoms. The van der Waals surface area contributed by atoms with E-state index in [1.54, 1.807) is 0 Å². The van der Waals surface area contributed by atoms with Crippen molar-refractivity contribution in [3.63, 3.8) is 0 Å². The van der Waals surface area contributed by atoms with Crippen molar-refractivity contribution in [3.05, 3.63) is 35.4 Å². The quantitative estimate of drug-likeness (QED) is 0.790. The molecule has 0 aliphatic carbocycles. The molecule has 1 unspecified atom stereocenters. The molecular formula is C13H20N2O. The average molecular weight is 220 g/mol. The van der Waals surface area contributed by atoms with Gasteiger partial charge in [0.05, 0.1) is 5.60 Å². The lowest BCUT2D eigenvalue weighted by atomic mass is 9.93. The Kier molecular flexibility index (Phi) is 3.28. The molecule has 1 aliphatic heterocycles. The molecule has 1 fully saturated rings. The summed E-state index contributed by atoms with van der Waals surface area (Å²) < 4.78 is 0. The van der Waals surface area contributed by atoms with Crippen LogP contribution in [0.5, 0.6) is 0 Å². The summed E-state index contributed by atoms with van der Waals surface area (Å²) in [5.41, 5.74) is 7.34. The first-order valence-corrected chi connectivity index (χ1v) is 5.80. The van der Waals surface area contributed by atoms with Crippen molar-refractivity contribution in [2.24, 2.45) is 5.73 Å². The Morgan fingerprint density at radius 2 is 1.94 bits per heavy atom. The first kappa shape index (κ1) is 11.6. The third kappa shape index (κ3) is 2.61. The lowest BCUT2D eigenvalue weighted by Crippen LogP contribution is -2.34. The van der Waals surface area contributed by atoms with E-state index in [4.69, 9.17) is 5.73 Å². The number of likely N-dealkylation sites (tertiary alicyclic amines) is 1. The summed E-state index contributed by atoms with van der Waals surface area (Å²) in [5.74, 6) is 0. The lowest BCUT2D eigenvalue weighted by Gasteiger charge is -2.22. The van der Waals surface area contributed by atoms with Gasteiger partial charge in [-0.25, -0.2) is 0 Å². The largest absolute Gasteiger partial charge is 0.388 e. The molecule has 3 N–H and O–H groups in total. The van der Waals surface area contributed by atoms with Crippen molar-refractivity contribution in [2.75, 3.05) is 20.1 Å². The maximum Gasteiger partial charge on any atom is 0.0826 e. The Morgan fingerprint density at radius 1 is 1.31 bits per heavy atom. The Morgan fingerprint density at radius 3 is 2.44 bits per heavy atom. The maximum absolute atomic E-state index is 10.4. The summed E-state index contributed by atoms with van der Waals surface area (Å²) in [6, 6.07) is 8.21. The smallest absolute Gasteiger partial charge is 0.0826 e. The van der Waals surface area contributed by atoms with Crippen molar-refractivity contribution < 1.29 is 5.11 Å². The number of nitrogens with zero attached hydrogens (tertiary/aromatic N) is 1. The molecule has 2 rings (SSSR count). The summed E-state index contributed by atoms with van der Waals surface area (Å²) in [6.07, 6.45) is 1.60. The van der Waals surface area contributed by atoms with Gasteiger partial charge in [0.15, 0.2) is 0 Å². The van der Waals surface area contributed by atoms with Crippen LogP contribution in [-0.4, -0.2) is 35.7 Å². The van der Waals surface area contributed by atoms with Gasteiger partial charge in [0.2, 0.25) is 0 Å². The summed E-state index contributed by atoms with van der Waals surface area (Å²) in [5, 5.41) is 10.4. The molecule has 3 nitrogen and oxygen atoms in total. The van der Waals surface area contributed by atoms with Gasteiger partial charge in [0.1, 0.15) is 0 Å². The minimum Gasteiger partial charge on any atom is -0.388 e. The summed E-state index contributed by atoms with van der Waals surface area (Å²) in [4.78, 5) is 2.17. The van der Waals surface area contributed by atoms with Crippen LogP contribution in [0.2, 0.25) is 0 Å². The standard InChI is InChI=1S/C13H20N2O/c1-15-7-6-13(16,10-15)8-11-2-4-12(9-14)5-3-11/h2-5,16H,6-10,14H2,1H3. The number of rotatable bonds is 3. The zero-order chi connectivity index (χ0) is 11.6. The van der Waals surface area contributed by atoms with E-state index in [-0.39, 0.29) is 0 Å². The highest BCUT2D eigenvalue weighted by atomic mass is 16.3. The van der Waals surface area contributed by atoms with Gasteiger partial charge in [-0.05, 0) is 24.6 Å². The van der Waals surface area contributed by atoms with E-state index < -0.39 is 5.60 Å². The number of β-amino-alcohol motifs (C(OH)–C–C–N with tert-alkyl or cyclic N) is 1. The van der Waals surface area contributed by atoms with Crippen LogP contribution >= 0.6 is 0 Å². The van der Waals surface area contributed by atoms with Gasteiger partial charge in [-0.2, -0.15) is 0 Å². The van der Waals surface area contributed by atoms with Gasteiger partial charge < -0.3 is 15.7 Å². The highest BCUT2D eigenvalue weighted by Crippen LogP contribution is 2.24. The van der Waals surface area contributed by atoms with Crippen molar-refractivity contribution in [3.8, 4) is 0 Å². The molecule has 0 amide bonds. The number of aliphatic hydroxyl groups is 1. The van der Waals surface area contributed by atoms with Gasteiger partial charge >= 0.3 is 0 Å². The van der Waals surface area contributed by atoms with Crippen molar-refractivity contribution >= 4 is 0 Å². The Balaban J connectivity index is 2.03. The van der Waals surface area contributed by atoms with E-state index in [1.165, 1.54) is 5.56 Å². The SMILES string of the molecule is CN1CCC(O)(Cc2ccc(CN)cc2)C1. The van der Waals surface area contributed by atoms with Gasteiger partial charge in [-0.3, -0.25) is 0 Å². The fourth-order valence-electron chi connectivity index (χ4n) is 2.38. The number of hydrogen-bond acceptors (Lipinski definition) is 3. The van der Waals surface area contributed by atoms with Crippen molar-refractivity contribution in [2.45, 2.75) is 25.0 Å². The van der Waals surface area contributed by atoms with Gasteiger partial charge in [0, 0.05) is 26.1 Å². The van der Waals surface area contributed by atoms with E-state index in [0.717, 1.165) is 31.5 Å². The molecule has 1 aliphatic rings. The second kappa shape index (κ2) is 4.53. The highest BCUT2D eigenvalue weighted by molar-refractivity contribution is 5.24. The van der Waals surface area contributed by atoms with Crippen LogP contribution in [0.3, 0.4) is 0 Å². The van der Waals surface area contributed by atoms with Crippen LogP contribution in [0.4, 0.5) is 0 Å². The summed E-state index contributed by atoms with van der Waals surface area (Å²) in [7, 11) is 2.05. The van der Waals surface area contributed by atoms with Gasteiger partial charge in [-0.1, -0.05) is 24.3 Å². The predicted molar refractivity (Wildman–Crippen MR) is 65.1 cm³/mol. The first-order chi connectivity index (χ1) is 7.61. The Hall–Kier alpha value is -0.900. The molecule has 1 heterocycles. The average Bonchev–Trinajstić information content (AvgIpc) is 2.59. The third-order valence-electron chi connectivity index (χ3n) is 3.31. The highest BCUT2D eigenvalue weighted by Gasteiger charge is 2.34. The fourth-order valence-corrected chi connectivity index (χ4v) is 2.38. The fraction of sp³-hybridized carbons (Fsp3) is 0.538. The van der Waals surface area contributed by atoms with E-state index >= 15 is 0 Å². The molecule has 0 saturated carbocycles. The van der Waals surface area contributed by atoms with E-state index in [9.17, 15) is 5.11 Å². The number of benzene rings is 1. The second-order valence-corrected chi connectivity index (χ2v) is 4.91. The first-order valence-electron chi connectivity index (χ1n) is 5.80. The Labute approximate surface area is 96.9 Å². The van der Waals surface area contributed by atoms with Crippen LogP contribution < -0.4 is 5.73 Å². The molecule has 1 aromatic rings. The van der Waals surface area contributed by atoms with Crippen LogP contribution in [0.15, 0.2) is 24.3 Å². The molecule has 0 spiro atoms. The molecule has 0 bridgehead atoms. The third-order valence-corrected chi connectivity index (χ3v) is 3.31. The number of likely N-dealkylation sites (N-methyl/N-ethyl adjacent to an activating group) is 1. The normalized spacial score (nSPS) is 26.2. The number of hydrogen-bond donors (Lipinski definition) is 2. The van der Waals surface area contributed by atoms with E-state index in [2.05, 4.69) is 24.1 Å². The van der Waals surface area contributed by atoms with Gasteiger partial charge in [0.25, 0.3) is 0 Å². The molecule has 1 aromatic carbocycles. The van der Waals surface area contributed by atoms with Gasteiger partial charge in [-0.15, -0.1) is 0 Å². The second-order valence-electron chi connectivity index (χ2n) is 4.91. The van der Waals surface area contributed by atoms with E-state index in [0.29, 0.717) is 6.54 Å². The molecule has 0 radical (unpaired) electrons. The molecular weight excluding hydrogens is 200 g/mol. The summed E-state index contributed by atoms with van der Waals surface area (Å²) >= 11 is 0. The molecule has 88 valence electrons. The van der Waals surface area contributed by atoms with Crippen LogP contribution in [-0.2, 0) is 13.0 Å². The lowest BCUT2D eigenvalue weighted by molar-refractivity contribution is 0.0523. The van der Waals surface area contributed by atoms with Crippen LogP contribution in [0.1, 0.15) is 17.5 Å². The minimum atomic E-state index is -0.543. The van der Waals surface area contributed by atoms with E-state index in [1.807, 2.05) is 12.1 Å². The van der Waals surface area contributed by atoms with Crippen LogP contribution in [0, 0.1) is 0 Å². The van der Waals surface area contributed by atoms with Crippen molar-refractivity contribution in [1.82, 2.24) is 4.90 Å². The zero-order valence-corrected chi connectivity index (χ0v) is 9.82. The molecule has 1 atom stereocenters. The molecule has 0 aromatic heterocycles. The number of nitrogens with two attached hydrogens (primary N) is 1. The summed E-state index contributed by atoms with van der Waals surface area (Å²) in [6.45, 7) is 2.33. The van der Waals surface area contributed by atoms with Crippen LogP contribution in [0.25, 0.3) is 0 Å². The maximum atomic E-state index is 10.4. The molecule has 1 saturated heterocycles. The predicted octanol–water partition coefficient (Wildman–Crippen LogP) is 0.754. The monoisotopic (exact) mass is 220 g/mol. The van der Waals surface area contributed by atoms with Crippen molar-refractivity contribution in [1.29, 1.82) is 0 Å². The zero-order valence-electron chi connectivity index (χ0n) is 9.82. The Bertz CT molecular complexity index is 349. The minimum absolute atomic E-state index is 0.543.